The molecule has 0 bridgehead atoms. The molecule has 0 saturated heterocycles. The van der Waals surface area contributed by atoms with E-state index in [0.717, 1.165) is 27.9 Å². The number of carbonyl (C=O) groups excluding carboxylic acids is 1. The van der Waals surface area contributed by atoms with E-state index in [2.05, 4.69) is 11.6 Å². The first-order valence-corrected chi connectivity index (χ1v) is 8.11. The standard InChI is InChI=1S/C21H24N2O/c1-5-14-23(15-18-10-8-7-9-11-18)21(24)19-12-13-20(22-6-2)17(4)16(19)3/h5-13H,1,14-15H2,2-4H3. The fourth-order valence-corrected chi connectivity index (χ4v) is 2.67. The van der Waals surface area contributed by atoms with Crippen LogP contribution in [0.1, 0.15) is 34.0 Å². The number of hydrogen-bond donors (Lipinski definition) is 0. The van der Waals surface area contributed by atoms with E-state index >= 15 is 0 Å². The van der Waals surface area contributed by atoms with Gasteiger partial charge in [-0.25, -0.2) is 0 Å². The SMILES string of the molecule is C=CCN(Cc1ccccc1)C(=O)c1ccc(N=CC)c(C)c1C. The molecule has 0 atom stereocenters. The molecule has 2 rings (SSSR count). The minimum atomic E-state index is 0.0198. The smallest absolute Gasteiger partial charge is 0.254 e. The maximum atomic E-state index is 13.0. The Morgan fingerprint density at radius 1 is 1.12 bits per heavy atom. The Morgan fingerprint density at radius 2 is 1.83 bits per heavy atom. The van der Waals surface area contributed by atoms with Gasteiger partial charge in [0.2, 0.25) is 0 Å². The first-order valence-electron chi connectivity index (χ1n) is 8.11. The molecule has 0 fully saturated rings. The topological polar surface area (TPSA) is 32.7 Å². The quantitative estimate of drug-likeness (QED) is 0.553. The first-order chi connectivity index (χ1) is 11.6. The average molecular weight is 320 g/mol. The third-order valence-corrected chi connectivity index (χ3v) is 4.11. The van der Waals surface area contributed by atoms with E-state index < -0.39 is 0 Å². The number of nitrogens with zero attached hydrogens (tertiary/aromatic N) is 2. The molecule has 2 aromatic rings. The minimum absolute atomic E-state index is 0.0198. The van der Waals surface area contributed by atoms with Crippen molar-refractivity contribution in [3.8, 4) is 0 Å². The highest BCUT2D eigenvalue weighted by atomic mass is 16.2. The van der Waals surface area contributed by atoms with Gasteiger partial charge in [-0.05, 0) is 49.6 Å². The van der Waals surface area contributed by atoms with Crippen molar-refractivity contribution in [1.29, 1.82) is 0 Å². The van der Waals surface area contributed by atoms with Crippen LogP contribution < -0.4 is 0 Å². The van der Waals surface area contributed by atoms with Crippen LogP contribution in [0.5, 0.6) is 0 Å². The van der Waals surface area contributed by atoms with Crippen molar-refractivity contribution < 1.29 is 4.79 Å². The van der Waals surface area contributed by atoms with Crippen LogP contribution in [-0.2, 0) is 6.54 Å². The van der Waals surface area contributed by atoms with Gasteiger partial charge in [0.15, 0.2) is 0 Å². The molecule has 0 aliphatic heterocycles. The Kier molecular flexibility index (Phi) is 6.07. The Morgan fingerprint density at radius 3 is 2.46 bits per heavy atom. The Hall–Kier alpha value is -2.68. The van der Waals surface area contributed by atoms with Crippen molar-refractivity contribution >= 4 is 17.8 Å². The molecular formula is C21H24N2O. The van der Waals surface area contributed by atoms with Crippen LogP contribution in [0, 0.1) is 13.8 Å². The predicted octanol–water partition coefficient (Wildman–Crippen LogP) is 4.85. The van der Waals surface area contributed by atoms with Gasteiger partial charge >= 0.3 is 0 Å². The van der Waals surface area contributed by atoms with E-state index in [1.54, 1.807) is 12.3 Å². The van der Waals surface area contributed by atoms with Crippen molar-refractivity contribution in [1.82, 2.24) is 4.90 Å². The zero-order valence-electron chi connectivity index (χ0n) is 14.6. The molecule has 0 spiro atoms. The number of aliphatic imine (C=N–C) groups is 1. The lowest BCUT2D eigenvalue weighted by Crippen LogP contribution is -2.31. The molecule has 3 heteroatoms. The summed E-state index contributed by atoms with van der Waals surface area (Å²) in [5, 5.41) is 0. The van der Waals surface area contributed by atoms with Crippen molar-refractivity contribution in [2.45, 2.75) is 27.3 Å². The maximum Gasteiger partial charge on any atom is 0.254 e. The Balaban J connectivity index is 2.33. The van der Waals surface area contributed by atoms with Gasteiger partial charge in [-0.2, -0.15) is 0 Å². The van der Waals surface area contributed by atoms with Crippen LogP contribution in [0.25, 0.3) is 0 Å². The van der Waals surface area contributed by atoms with Crippen LogP contribution >= 0.6 is 0 Å². The summed E-state index contributed by atoms with van der Waals surface area (Å²) < 4.78 is 0. The lowest BCUT2D eigenvalue weighted by molar-refractivity contribution is 0.0762. The third-order valence-electron chi connectivity index (χ3n) is 4.11. The number of benzene rings is 2. The van der Waals surface area contributed by atoms with E-state index in [4.69, 9.17) is 0 Å². The minimum Gasteiger partial charge on any atom is -0.331 e. The van der Waals surface area contributed by atoms with E-state index in [0.29, 0.717) is 13.1 Å². The largest absolute Gasteiger partial charge is 0.331 e. The van der Waals surface area contributed by atoms with Crippen LogP contribution in [0.2, 0.25) is 0 Å². The van der Waals surface area contributed by atoms with Crippen molar-refractivity contribution in [3.05, 3.63) is 77.4 Å². The summed E-state index contributed by atoms with van der Waals surface area (Å²) in [6.45, 7) is 10.7. The molecule has 1 amide bonds. The van der Waals surface area contributed by atoms with Crippen LogP contribution in [0.15, 0.2) is 60.1 Å². The highest BCUT2D eigenvalue weighted by Crippen LogP contribution is 2.25. The molecule has 0 aliphatic carbocycles. The van der Waals surface area contributed by atoms with E-state index in [9.17, 15) is 4.79 Å². The highest BCUT2D eigenvalue weighted by Gasteiger charge is 2.18. The second-order valence-electron chi connectivity index (χ2n) is 5.73. The van der Waals surface area contributed by atoms with E-state index in [1.807, 2.05) is 68.1 Å². The zero-order chi connectivity index (χ0) is 17.5. The summed E-state index contributed by atoms with van der Waals surface area (Å²) in [5.41, 5.74) is 4.75. The average Bonchev–Trinajstić information content (AvgIpc) is 2.59. The van der Waals surface area contributed by atoms with Crippen LogP contribution in [0.4, 0.5) is 5.69 Å². The predicted molar refractivity (Wildman–Crippen MR) is 101 cm³/mol. The Labute approximate surface area is 144 Å². The van der Waals surface area contributed by atoms with Gasteiger partial charge in [0.05, 0.1) is 5.69 Å². The molecule has 0 unspecified atom stereocenters. The molecule has 0 saturated carbocycles. The summed E-state index contributed by atoms with van der Waals surface area (Å²) in [6, 6.07) is 13.8. The molecule has 0 radical (unpaired) electrons. The molecule has 0 heterocycles. The number of rotatable bonds is 6. The molecule has 0 N–H and O–H groups in total. The fraction of sp³-hybridized carbons (Fsp3) is 0.238. The van der Waals surface area contributed by atoms with Gasteiger partial charge < -0.3 is 4.90 Å². The summed E-state index contributed by atoms with van der Waals surface area (Å²) in [6.07, 6.45) is 3.53. The second-order valence-corrected chi connectivity index (χ2v) is 5.73. The lowest BCUT2D eigenvalue weighted by Gasteiger charge is -2.23. The van der Waals surface area contributed by atoms with Gasteiger partial charge in [-0.3, -0.25) is 9.79 Å². The summed E-state index contributed by atoms with van der Waals surface area (Å²) in [7, 11) is 0. The van der Waals surface area contributed by atoms with Gasteiger partial charge in [0.25, 0.3) is 5.91 Å². The van der Waals surface area contributed by atoms with E-state index in [-0.39, 0.29) is 5.91 Å². The summed E-state index contributed by atoms with van der Waals surface area (Å²) in [4.78, 5) is 19.2. The normalized spacial score (nSPS) is 10.8. The molecule has 2 aromatic carbocycles. The van der Waals surface area contributed by atoms with Crippen LogP contribution in [-0.4, -0.2) is 23.6 Å². The van der Waals surface area contributed by atoms with Gasteiger partial charge in [0, 0.05) is 24.9 Å². The second kappa shape index (κ2) is 8.25. The molecule has 24 heavy (non-hydrogen) atoms. The maximum absolute atomic E-state index is 13.0. The van der Waals surface area contributed by atoms with Gasteiger partial charge in [-0.15, -0.1) is 6.58 Å². The third kappa shape index (κ3) is 3.99. The van der Waals surface area contributed by atoms with Crippen molar-refractivity contribution in [2.75, 3.05) is 6.54 Å². The summed E-state index contributed by atoms with van der Waals surface area (Å²) in [5.74, 6) is 0.0198. The van der Waals surface area contributed by atoms with Crippen LogP contribution in [0.3, 0.4) is 0 Å². The molecular weight excluding hydrogens is 296 g/mol. The molecule has 0 aromatic heterocycles. The number of amides is 1. The lowest BCUT2D eigenvalue weighted by atomic mass is 10.00. The summed E-state index contributed by atoms with van der Waals surface area (Å²) >= 11 is 0. The highest BCUT2D eigenvalue weighted by molar-refractivity contribution is 5.96. The first kappa shape index (κ1) is 17.7. The molecule has 0 aliphatic rings. The Bertz CT molecular complexity index is 748. The molecule has 124 valence electrons. The fourth-order valence-electron chi connectivity index (χ4n) is 2.67. The zero-order valence-corrected chi connectivity index (χ0v) is 14.6. The molecule has 3 nitrogen and oxygen atoms in total. The van der Waals surface area contributed by atoms with Gasteiger partial charge in [0.1, 0.15) is 0 Å². The monoisotopic (exact) mass is 320 g/mol. The van der Waals surface area contributed by atoms with Crippen molar-refractivity contribution in [2.24, 2.45) is 4.99 Å². The van der Waals surface area contributed by atoms with Gasteiger partial charge in [-0.1, -0.05) is 36.4 Å². The van der Waals surface area contributed by atoms with Crippen molar-refractivity contribution in [3.63, 3.8) is 0 Å². The van der Waals surface area contributed by atoms with E-state index in [1.165, 1.54) is 0 Å². The number of carbonyl (C=O) groups is 1. The number of hydrogen-bond acceptors (Lipinski definition) is 2.